The van der Waals surface area contributed by atoms with E-state index in [1.165, 1.54) is 12.1 Å². The SMILES string of the molecule is CC(NC(C)(C)CNS(=O)(=O)c1ccc(F)cc1)c1ccccc1. The van der Waals surface area contributed by atoms with Crippen LogP contribution >= 0.6 is 0 Å². The molecule has 0 amide bonds. The minimum atomic E-state index is -3.67. The Hall–Kier alpha value is -1.76. The van der Waals surface area contributed by atoms with E-state index < -0.39 is 21.4 Å². The predicted octanol–water partition coefficient (Wildman–Crippen LogP) is 3.23. The van der Waals surface area contributed by atoms with Gasteiger partial charge in [0, 0.05) is 18.1 Å². The summed E-state index contributed by atoms with van der Waals surface area (Å²) in [5.74, 6) is -0.465. The van der Waals surface area contributed by atoms with Gasteiger partial charge in [0.15, 0.2) is 0 Å². The molecule has 0 aliphatic heterocycles. The topological polar surface area (TPSA) is 58.2 Å². The average Bonchev–Trinajstić information content (AvgIpc) is 2.54. The Morgan fingerprint density at radius 2 is 1.62 bits per heavy atom. The van der Waals surface area contributed by atoms with Gasteiger partial charge in [-0.3, -0.25) is 0 Å². The predicted molar refractivity (Wildman–Crippen MR) is 93.7 cm³/mol. The third-order valence-corrected chi connectivity index (χ3v) is 5.15. The highest BCUT2D eigenvalue weighted by molar-refractivity contribution is 7.89. The van der Waals surface area contributed by atoms with Crippen molar-refractivity contribution >= 4 is 10.0 Å². The molecule has 0 bridgehead atoms. The second kappa shape index (κ2) is 7.42. The summed E-state index contributed by atoms with van der Waals surface area (Å²) in [6.45, 7) is 6.11. The number of benzene rings is 2. The van der Waals surface area contributed by atoms with Crippen molar-refractivity contribution in [1.82, 2.24) is 10.0 Å². The zero-order valence-corrected chi connectivity index (χ0v) is 14.9. The van der Waals surface area contributed by atoms with Gasteiger partial charge in [-0.1, -0.05) is 30.3 Å². The van der Waals surface area contributed by atoms with Gasteiger partial charge in [-0.05, 0) is 50.6 Å². The quantitative estimate of drug-likeness (QED) is 0.806. The maximum atomic E-state index is 12.9. The van der Waals surface area contributed by atoms with Crippen molar-refractivity contribution in [3.05, 3.63) is 66.0 Å². The number of halogens is 1. The zero-order chi connectivity index (χ0) is 17.8. The molecule has 0 aliphatic rings. The Kier molecular flexibility index (Phi) is 5.74. The summed E-state index contributed by atoms with van der Waals surface area (Å²) in [6, 6.07) is 14.8. The van der Waals surface area contributed by atoms with Crippen LogP contribution in [0, 0.1) is 5.82 Å². The summed E-state index contributed by atoms with van der Waals surface area (Å²) in [5.41, 5.74) is 0.675. The van der Waals surface area contributed by atoms with Crippen molar-refractivity contribution in [3.63, 3.8) is 0 Å². The van der Waals surface area contributed by atoms with Crippen molar-refractivity contribution in [3.8, 4) is 0 Å². The first-order valence-corrected chi connectivity index (χ1v) is 9.26. The molecule has 0 saturated heterocycles. The average molecular weight is 350 g/mol. The molecular weight excluding hydrogens is 327 g/mol. The Balaban J connectivity index is 2.00. The van der Waals surface area contributed by atoms with E-state index in [0.29, 0.717) is 0 Å². The molecule has 2 N–H and O–H groups in total. The van der Waals surface area contributed by atoms with E-state index >= 15 is 0 Å². The molecule has 2 aromatic carbocycles. The smallest absolute Gasteiger partial charge is 0.240 e. The lowest BCUT2D eigenvalue weighted by atomic mass is 10.0. The second-order valence-corrected chi connectivity index (χ2v) is 8.21. The molecule has 1 unspecified atom stereocenters. The van der Waals surface area contributed by atoms with Crippen LogP contribution in [0.5, 0.6) is 0 Å². The molecule has 1 atom stereocenters. The fraction of sp³-hybridized carbons (Fsp3) is 0.333. The van der Waals surface area contributed by atoms with Gasteiger partial charge in [0.1, 0.15) is 5.82 Å². The minimum Gasteiger partial charge on any atom is -0.304 e. The van der Waals surface area contributed by atoms with Gasteiger partial charge in [-0.2, -0.15) is 0 Å². The molecule has 0 radical (unpaired) electrons. The Labute approximate surface area is 143 Å². The van der Waals surface area contributed by atoms with Crippen LogP contribution in [0.4, 0.5) is 4.39 Å². The van der Waals surface area contributed by atoms with E-state index in [2.05, 4.69) is 10.0 Å². The largest absolute Gasteiger partial charge is 0.304 e. The maximum absolute atomic E-state index is 12.9. The molecule has 24 heavy (non-hydrogen) atoms. The van der Waals surface area contributed by atoms with Crippen molar-refractivity contribution in [2.75, 3.05) is 6.54 Å². The molecule has 2 aromatic rings. The van der Waals surface area contributed by atoms with Crippen molar-refractivity contribution in [1.29, 1.82) is 0 Å². The van der Waals surface area contributed by atoms with Gasteiger partial charge in [0.2, 0.25) is 10.0 Å². The lowest BCUT2D eigenvalue weighted by Gasteiger charge is -2.30. The Bertz CT molecular complexity index is 759. The van der Waals surface area contributed by atoms with Crippen LogP contribution in [0.2, 0.25) is 0 Å². The van der Waals surface area contributed by atoms with Gasteiger partial charge in [0.05, 0.1) is 4.90 Å². The summed E-state index contributed by atoms with van der Waals surface area (Å²) >= 11 is 0. The van der Waals surface area contributed by atoms with Gasteiger partial charge in [0.25, 0.3) is 0 Å². The highest BCUT2D eigenvalue weighted by atomic mass is 32.2. The molecule has 0 saturated carbocycles. The Morgan fingerprint density at radius 3 is 2.21 bits per heavy atom. The standard InChI is InChI=1S/C18H23FN2O2S/c1-14(15-7-5-4-6-8-15)21-18(2,3)13-20-24(22,23)17-11-9-16(19)10-12-17/h4-12,14,20-21H,13H2,1-3H3. The molecule has 2 rings (SSSR count). The second-order valence-electron chi connectivity index (χ2n) is 6.44. The molecule has 0 heterocycles. The zero-order valence-electron chi connectivity index (χ0n) is 14.1. The first kappa shape index (κ1) is 18.6. The lowest BCUT2D eigenvalue weighted by Crippen LogP contribution is -2.49. The number of sulfonamides is 1. The van der Waals surface area contributed by atoms with Gasteiger partial charge >= 0.3 is 0 Å². The van der Waals surface area contributed by atoms with E-state index in [1.807, 2.05) is 51.1 Å². The Morgan fingerprint density at radius 1 is 1.04 bits per heavy atom. The van der Waals surface area contributed by atoms with E-state index in [9.17, 15) is 12.8 Å². The number of rotatable bonds is 7. The van der Waals surface area contributed by atoms with Crippen LogP contribution in [0.15, 0.2) is 59.5 Å². The molecule has 0 fully saturated rings. The normalized spacial score (nSPS) is 13.7. The first-order valence-electron chi connectivity index (χ1n) is 7.77. The fourth-order valence-electron chi connectivity index (χ4n) is 2.43. The summed E-state index contributed by atoms with van der Waals surface area (Å²) in [6.07, 6.45) is 0. The van der Waals surface area contributed by atoms with Crippen LogP contribution in [0.3, 0.4) is 0 Å². The number of hydrogen-bond acceptors (Lipinski definition) is 3. The molecule has 0 aliphatic carbocycles. The van der Waals surface area contributed by atoms with E-state index in [4.69, 9.17) is 0 Å². The fourth-order valence-corrected chi connectivity index (χ4v) is 3.65. The highest BCUT2D eigenvalue weighted by Crippen LogP contribution is 2.16. The lowest BCUT2D eigenvalue weighted by molar-refractivity contribution is 0.346. The number of hydrogen-bond donors (Lipinski definition) is 2. The van der Waals surface area contributed by atoms with Gasteiger partial charge in [-0.25, -0.2) is 17.5 Å². The van der Waals surface area contributed by atoms with Gasteiger partial charge < -0.3 is 5.32 Å². The summed E-state index contributed by atoms with van der Waals surface area (Å²) in [5, 5.41) is 3.42. The van der Waals surface area contributed by atoms with Crippen LogP contribution in [-0.4, -0.2) is 20.5 Å². The summed E-state index contributed by atoms with van der Waals surface area (Å²) in [7, 11) is -3.67. The molecule has 130 valence electrons. The van der Waals surface area contributed by atoms with Crippen LogP contribution in [0.1, 0.15) is 32.4 Å². The molecule has 0 aromatic heterocycles. The van der Waals surface area contributed by atoms with Crippen molar-refractivity contribution < 1.29 is 12.8 Å². The molecule has 0 spiro atoms. The van der Waals surface area contributed by atoms with Crippen LogP contribution < -0.4 is 10.0 Å². The number of nitrogens with one attached hydrogen (secondary N) is 2. The summed E-state index contributed by atoms with van der Waals surface area (Å²) in [4.78, 5) is 0.0517. The van der Waals surface area contributed by atoms with Gasteiger partial charge in [-0.15, -0.1) is 0 Å². The van der Waals surface area contributed by atoms with Crippen molar-refractivity contribution in [2.24, 2.45) is 0 Å². The third-order valence-electron chi connectivity index (χ3n) is 3.73. The third kappa shape index (κ3) is 5.12. The van der Waals surface area contributed by atoms with Crippen LogP contribution in [-0.2, 0) is 10.0 Å². The summed E-state index contributed by atoms with van der Waals surface area (Å²) < 4.78 is 40.1. The molecule has 6 heteroatoms. The van der Waals surface area contributed by atoms with E-state index in [-0.39, 0.29) is 17.5 Å². The molecule has 4 nitrogen and oxygen atoms in total. The highest BCUT2D eigenvalue weighted by Gasteiger charge is 2.24. The van der Waals surface area contributed by atoms with Crippen molar-refractivity contribution in [2.45, 2.75) is 37.2 Å². The van der Waals surface area contributed by atoms with E-state index in [1.54, 1.807) is 0 Å². The first-order chi connectivity index (χ1) is 11.2. The monoisotopic (exact) mass is 350 g/mol. The van der Waals surface area contributed by atoms with Crippen LogP contribution in [0.25, 0.3) is 0 Å². The van der Waals surface area contributed by atoms with E-state index in [0.717, 1.165) is 17.7 Å². The molecular formula is C18H23FN2O2S. The maximum Gasteiger partial charge on any atom is 0.240 e. The minimum absolute atomic E-state index is 0.0517.